The predicted octanol–water partition coefficient (Wildman–Crippen LogP) is 14.0. The average Bonchev–Trinajstić information content (AvgIpc) is 3.47. The van der Waals surface area contributed by atoms with Crippen molar-refractivity contribution in [2.45, 2.75) is 24.7 Å². The molecule has 1 heteroatoms. The average molecular weight is 706 g/mol. The van der Waals surface area contributed by atoms with Crippen molar-refractivity contribution < 1.29 is 0 Å². The Morgan fingerprint density at radius 1 is 0.364 bits per heavy atom. The van der Waals surface area contributed by atoms with E-state index < -0.39 is 5.41 Å². The van der Waals surface area contributed by atoms with Crippen LogP contribution >= 0.6 is 0 Å². The predicted molar refractivity (Wildman–Crippen MR) is 232 cm³/mol. The molecule has 0 heterocycles. The number of hydrogen-bond acceptors (Lipinski definition) is 1. The largest absolute Gasteiger partial charge is 0.310 e. The smallest absolute Gasteiger partial charge is 0.0701 e. The van der Waals surface area contributed by atoms with E-state index >= 15 is 0 Å². The van der Waals surface area contributed by atoms with Crippen molar-refractivity contribution in [3.63, 3.8) is 0 Å². The van der Waals surface area contributed by atoms with Crippen molar-refractivity contribution in [3.05, 3.63) is 257 Å². The maximum atomic E-state index is 2.40. The molecule has 0 atom stereocenters. The number of rotatable bonds is 9. The summed E-state index contributed by atoms with van der Waals surface area (Å²) in [5.74, 6) is 0. The van der Waals surface area contributed by atoms with E-state index in [9.17, 15) is 0 Å². The minimum atomic E-state index is -0.453. The lowest BCUT2D eigenvalue weighted by Crippen LogP contribution is -2.30. The van der Waals surface area contributed by atoms with Crippen LogP contribution in [0, 0.1) is 0 Å². The van der Waals surface area contributed by atoms with Crippen LogP contribution in [0.3, 0.4) is 0 Å². The SMILES string of the molecule is CC1(C)c2cc(/C=C/c3ccc(C(c4ccccc4)(c4ccccc4)c4ccccc4)cc3)ccc2-c2ccc(N(c3ccccc3)c3ccccc3)cc21. The third-order valence-electron chi connectivity index (χ3n) is 11.4. The van der Waals surface area contributed by atoms with Gasteiger partial charge >= 0.3 is 0 Å². The molecule has 0 aliphatic heterocycles. The van der Waals surface area contributed by atoms with Crippen LogP contribution in [0.25, 0.3) is 23.3 Å². The Morgan fingerprint density at radius 3 is 1.24 bits per heavy atom. The topological polar surface area (TPSA) is 3.24 Å². The van der Waals surface area contributed by atoms with E-state index in [-0.39, 0.29) is 5.41 Å². The number of fused-ring (bicyclic) bond motifs is 3. The molecule has 0 amide bonds. The zero-order valence-electron chi connectivity index (χ0n) is 31.3. The summed E-state index contributed by atoms with van der Waals surface area (Å²) in [4.78, 5) is 2.35. The van der Waals surface area contributed by atoms with Gasteiger partial charge in [0.25, 0.3) is 0 Å². The summed E-state index contributed by atoms with van der Waals surface area (Å²) in [5.41, 5.74) is 15.6. The Morgan fingerprint density at radius 2 is 0.745 bits per heavy atom. The normalized spacial score (nSPS) is 13.0. The maximum Gasteiger partial charge on any atom is 0.0701 e. The van der Waals surface area contributed by atoms with Crippen LogP contribution in [0.15, 0.2) is 212 Å². The van der Waals surface area contributed by atoms with Gasteiger partial charge in [-0.2, -0.15) is 0 Å². The van der Waals surface area contributed by atoms with Gasteiger partial charge in [0, 0.05) is 22.5 Å². The molecule has 1 aliphatic carbocycles. The standard InChI is InChI=1S/C54H43N/c1-53(2)51-38-41(32-36-49(51)50-37-35-48(39-52(50)53)55(46-24-14-6-15-25-46)47-26-16-7-17-27-47)29-28-40-30-33-45(34-31-40)54(42-18-8-3-9-19-42,43-20-10-4-11-21-43)44-22-12-5-13-23-44/h3-39H,1-2H3/b29-28+. The molecule has 0 spiro atoms. The van der Waals surface area contributed by atoms with Crippen molar-refractivity contribution in [2.24, 2.45) is 0 Å². The van der Waals surface area contributed by atoms with Crippen molar-refractivity contribution in [1.82, 2.24) is 0 Å². The Bertz CT molecular complexity index is 2440. The fourth-order valence-electron chi connectivity index (χ4n) is 8.69. The minimum Gasteiger partial charge on any atom is -0.310 e. The van der Waals surface area contributed by atoms with Crippen LogP contribution in [0.1, 0.15) is 58.4 Å². The molecule has 8 aromatic rings. The van der Waals surface area contributed by atoms with Crippen LogP contribution in [0.2, 0.25) is 0 Å². The molecule has 9 rings (SSSR count). The van der Waals surface area contributed by atoms with Gasteiger partial charge in [-0.15, -0.1) is 0 Å². The van der Waals surface area contributed by atoms with Crippen molar-refractivity contribution in [2.75, 3.05) is 4.90 Å². The molecule has 0 fully saturated rings. The van der Waals surface area contributed by atoms with E-state index in [4.69, 9.17) is 0 Å². The molecule has 0 N–H and O–H groups in total. The Balaban J connectivity index is 1.04. The van der Waals surface area contributed by atoms with Gasteiger partial charge < -0.3 is 4.90 Å². The third kappa shape index (κ3) is 6.08. The second kappa shape index (κ2) is 14.3. The first-order valence-electron chi connectivity index (χ1n) is 19.2. The zero-order valence-corrected chi connectivity index (χ0v) is 31.3. The van der Waals surface area contributed by atoms with Crippen LogP contribution in [0.4, 0.5) is 17.1 Å². The summed E-state index contributed by atoms with van der Waals surface area (Å²) < 4.78 is 0. The molecule has 0 unspecified atom stereocenters. The molecule has 0 aromatic heterocycles. The van der Waals surface area contributed by atoms with Gasteiger partial charge in [-0.1, -0.05) is 202 Å². The van der Waals surface area contributed by atoms with Crippen LogP contribution < -0.4 is 4.90 Å². The fourth-order valence-corrected chi connectivity index (χ4v) is 8.69. The van der Waals surface area contributed by atoms with Crippen LogP contribution in [-0.2, 0) is 10.8 Å². The van der Waals surface area contributed by atoms with E-state index in [1.807, 2.05) is 0 Å². The van der Waals surface area contributed by atoms with E-state index in [0.717, 1.165) is 17.1 Å². The molecular formula is C54H43N. The molecule has 264 valence electrons. The molecule has 0 bridgehead atoms. The van der Waals surface area contributed by atoms with E-state index in [1.54, 1.807) is 0 Å². The van der Waals surface area contributed by atoms with Gasteiger partial charge in [-0.05, 0) is 92.0 Å². The highest BCUT2D eigenvalue weighted by Gasteiger charge is 2.38. The number of anilines is 3. The van der Waals surface area contributed by atoms with Gasteiger partial charge in [0.05, 0.1) is 5.41 Å². The fraction of sp³-hybridized carbons (Fsp3) is 0.0741. The Kier molecular flexibility index (Phi) is 8.84. The summed E-state index contributed by atoms with van der Waals surface area (Å²) in [5, 5.41) is 0. The van der Waals surface area contributed by atoms with Gasteiger partial charge in [0.1, 0.15) is 0 Å². The lowest BCUT2D eigenvalue weighted by atomic mass is 9.65. The highest BCUT2D eigenvalue weighted by atomic mass is 15.1. The Labute approximate surface area is 325 Å². The second-order valence-electron chi connectivity index (χ2n) is 15.0. The second-order valence-corrected chi connectivity index (χ2v) is 15.0. The van der Waals surface area contributed by atoms with Crippen molar-refractivity contribution in [1.29, 1.82) is 0 Å². The highest BCUT2D eigenvalue weighted by molar-refractivity contribution is 5.86. The molecule has 1 aliphatic rings. The van der Waals surface area contributed by atoms with Gasteiger partial charge in [-0.25, -0.2) is 0 Å². The highest BCUT2D eigenvalue weighted by Crippen LogP contribution is 2.51. The molecular weight excluding hydrogens is 663 g/mol. The molecule has 0 saturated carbocycles. The quantitative estimate of drug-likeness (QED) is 0.107. The minimum absolute atomic E-state index is 0.152. The number of nitrogens with zero attached hydrogens (tertiary/aromatic N) is 1. The summed E-state index contributed by atoms with van der Waals surface area (Å²) >= 11 is 0. The lowest BCUT2D eigenvalue weighted by Gasteiger charge is -2.37. The molecule has 55 heavy (non-hydrogen) atoms. The number of benzene rings is 8. The monoisotopic (exact) mass is 705 g/mol. The van der Waals surface area contributed by atoms with Gasteiger partial charge in [-0.3, -0.25) is 0 Å². The van der Waals surface area contributed by atoms with Gasteiger partial charge in [0.2, 0.25) is 0 Å². The van der Waals surface area contributed by atoms with Crippen LogP contribution in [0.5, 0.6) is 0 Å². The van der Waals surface area contributed by atoms with E-state index in [0.29, 0.717) is 0 Å². The van der Waals surface area contributed by atoms with Gasteiger partial charge in [0.15, 0.2) is 0 Å². The first-order chi connectivity index (χ1) is 27.0. The summed E-state index contributed by atoms with van der Waals surface area (Å²) in [6.07, 6.45) is 4.50. The first-order valence-corrected chi connectivity index (χ1v) is 19.2. The van der Waals surface area contributed by atoms with Crippen molar-refractivity contribution >= 4 is 29.2 Å². The third-order valence-corrected chi connectivity index (χ3v) is 11.4. The number of hydrogen-bond donors (Lipinski definition) is 0. The summed E-state index contributed by atoms with van der Waals surface area (Å²) in [6.45, 7) is 4.73. The maximum absolute atomic E-state index is 2.40. The summed E-state index contributed by atoms with van der Waals surface area (Å²) in [6, 6.07) is 77.0. The first kappa shape index (κ1) is 34.1. The molecule has 1 nitrogen and oxygen atoms in total. The van der Waals surface area contributed by atoms with Crippen LogP contribution in [-0.4, -0.2) is 0 Å². The van der Waals surface area contributed by atoms with Crippen molar-refractivity contribution in [3.8, 4) is 11.1 Å². The van der Waals surface area contributed by atoms with E-state index in [2.05, 4.69) is 243 Å². The summed E-state index contributed by atoms with van der Waals surface area (Å²) in [7, 11) is 0. The zero-order chi connectivity index (χ0) is 37.2. The Hall–Kier alpha value is -6.70. The number of para-hydroxylation sites is 2. The molecule has 8 aromatic carbocycles. The molecule has 0 saturated heterocycles. The molecule has 0 radical (unpaired) electrons. The lowest BCUT2D eigenvalue weighted by molar-refractivity contribution is 0.660. The van der Waals surface area contributed by atoms with E-state index in [1.165, 1.54) is 55.6 Å².